The second-order valence-electron chi connectivity index (χ2n) is 5.44. The largest absolute Gasteiger partial charge is 0.491 e. The third-order valence-corrected chi connectivity index (χ3v) is 3.69. The molecule has 0 spiro atoms. The van der Waals surface area contributed by atoms with Crippen molar-refractivity contribution in [1.29, 1.82) is 0 Å². The normalized spacial score (nSPS) is 16.7. The summed E-state index contributed by atoms with van der Waals surface area (Å²) >= 11 is 0. The second-order valence-corrected chi connectivity index (χ2v) is 5.44. The molecule has 1 aliphatic rings. The number of ether oxygens (including phenoxy) is 1. The molecular weight excluding hydrogens is 252 g/mol. The summed E-state index contributed by atoms with van der Waals surface area (Å²) in [7, 11) is 0. The summed E-state index contributed by atoms with van der Waals surface area (Å²) in [6.07, 6.45) is 5.74. The molecule has 0 bridgehead atoms. The monoisotopic (exact) mass is 276 g/mol. The Kier molecular flexibility index (Phi) is 5.27. The molecule has 1 fully saturated rings. The van der Waals surface area contributed by atoms with E-state index in [9.17, 15) is 4.79 Å². The second kappa shape index (κ2) is 7.17. The van der Waals surface area contributed by atoms with Crippen molar-refractivity contribution in [3.8, 4) is 5.75 Å². The Hall–Kier alpha value is -1.71. The highest BCUT2D eigenvalue weighted by Crippen LogP contribution is 2.20. The number of carbonyl (C=O) groups excluding carboxylic acids is 1. The molecule has 1 saturated carbocycles. The van der Waals surface area contributed by atoms with Gasteiger partial charge in [0.1, 0.15) is 5.75 Å². The molecule has 2 N–H and O–H groups in total. The molecule has 1 aromatic carbocycles. The molecule has 1 aliphatic carbocycles. The van der Waals surface area contributed by atoms with Crippen LogP contribution in [-0.2, 0) is 0 Å². The van der Waals surface area contributed by atoms with Crippen LogP contribution in [0.25, 0.3) is 0 Å². The Balaban J connectivity index is 1.88. The van der Waals surface area contributed by atoms with Gasteiger partial charge in [0, 0.05) is 17.8 Å². The number of urea groups is 1. The van der Waals surface area contributed by atoms with Crippen molar-refractivity contribution in [2.24, 2.45) is 0 Å². The predicted octanol–water partition coefficient (Wildman–Crippen LogP) is 3.93. The van der Waals surface area contributed by atoms with Gasteiger partial charge in [0.2, 0.25) is 0 Å². The Bertz CT molecular complexity index is 442. The SMILES string of the molecule is CCC(C)Oc1cccc(NC(=O)NC2CCCC2)c1. The van der Waals surface area contributed by atoms with E-state index in [-0.39, 0.29) is 12.1 Å². The van der Waals surface area contributed by atoms with E-state index < -0.39 is 0 Å². The van der Waals surface area contributed by atoms with Crippen LogP contribution in [-0.4, -0.2) is 18.2 Å². The lowest BCUT2D eigenvalue weighted by atomic mass is 10.2. The van der Waals surface area contributed by atoms with Gasteiger partial charge in [0.05, 0.1) is 6.10 Å². The van der Waals surface area contributed by atoms with Crippen LogP contribution in [0.1, 0.15) is 46.0 Å². The maximum absolute atomic E-state index is 11.9. The number of carbonyl (C=O) groups is 1. The summed E-state index contributed by atoms with van der Waals surface area (Å²) in [5, 5.41) is 5.88. The maximum Gasteiger partial charge on any atom is 0.319 e. The molecule has 0 radical (unpaired) electrons. The number of rotatable bonds is 5. The Morgan fingerprint density at radius 2 is 2.15 bits per heavy atom. The molecule has 0 aliphatic heterocycles. The van der Waals surface area contributed by atoms with Crippen molar-refractivity contribution < 1.29 is 9.53 Å². The van der Waals surface area contributed by atoms with Gasteiger partial charge in [-0.05, 0) is 38.3 Å². The molecule has 4 heteroatoms. The molecule has 2 rings (SSSR count). The van der Waals surface area contributed by atoms with Crippen molar-refractivity contribution >= 4 is 11.7 Å². The fraction of sp³-hybridized carbons (Fsp3) is 0.562. The van der Waals surface area contributed by atoms with Crippen molar-refractivity contribution in [2.45, 2.75) is 58.1 Å². The maximum atomic E-state index is 11.9. The summed E-state index contributed by atoms with van der Waals surface area (Å²) in [5.41, 5.74) is 0.765. The van der Waals surface area contributed by atoms with E-state index in [2.05, 4.69) is 17.6 Å². The van der Waals surface area contributed by atoms with E-state index in [0.29, 0.717) is 6.04 Å². The molecule has 0 aromatic heterocycles. The van der Waals surface area contributed by atoms with Crippen molar-refractivity contribution in [2.75, 3.05) is 5.32 Å². The number of amides is 2. The van der Waals surface area contributed by atoms with E-state index in [1.807, 2.05) is 31.2 Å². The Morgan fingerprint density at radius 3 is 2.85 bits per heavy atom. The molecular formula is C16H24N2O2. The number of nitrogens with one attached hydrogen (secondary N) is 2. The summed E-state index contributed by atoms with van der Waals surface area (Å²) in [6, 6.07) is 7.74. The average molecular weight is 276 g/mol. The first-order valence-electron chi connectivity index (χ1n) is 7.51. The van der Waals surface area contributed by atoms with Crippen molar-refractivity contribution in [3.63, 3.8) is 0 Å². The minimum absolute atomic E-state index is 0.127. The first-order valence-corrected chi connectivity index (χ1v) is 7.51. The molecule has 4 nitrogen and oxygen atoms in total. The van der Waals surface area contributed by atoms with Crippen LogP contribution in [0.3, 0.4) is 0 Å². The molecule has 1 aromatic rings. The highest BCUT2D eigenvalue weighted by molar-refractivity contribution is 5.89. The fourth-order valence-corrected chi connectivity index (χ4v) is 2.39. The highest BCUT2D eigenvalue weighted by Gasteiger charge is 2.17. The van der Waals surface area contributed by atoms with E-state index >= 15 is 0 Å². The molecule has 1 atom stereocenters. The molecule has 20 heavy (non-hydrogen) atoms. The van der Waals surface area contributed by atoms with Crippen LogP contribution in [0.2, 0.25) is 0 Å². The van der Waals surface area contributed by atoms with E-state index in [0.717, 1.165) is 30.7 Å². The summed E-state index contributed by atoms with van der Waals surface area (Å²) in [5.74, 6) is 0.790. The zero-order valence-corrected chi connectivity index (χ0v) is 12.3. The predicted molar refractivity (Wildman–Crippen MR) is 81.2 cm³/mol. The van der Waals surface area contributed by atoms with Gasteiger partial charge in [-0.2, -0.15) is 0 Å². The molecule has 0 heterocycles. The van der Waals surface area contributed by atoms with Crippen LogP contribution in [0.5, 0.6) is 5.75 Å². The summed E-state index contributed by atoms with van der Waals surface area (Å²) in [6.45, 7) is 4.12. The lowest BCUT2D eigenvalue weighted by Crippen LogP contribution is -2.36. The first-order chi connectivity index (χ1) is 9.67. The first kappa shape index (κ1) is 14.7. The fourth-order valence-electron chi connectivity index (χ4n) is 2.39. The lowest BCUT2D eigenvalue weighted by molar-refractivity contribution is 0.217. The number of benzene rings is 1. The van der Waals surface area contributed by atoms with Gasteiger partial charge >= 0.3 is 6.03 Å². The lowest BCUT2D eigenvalue weighted by Gasteiger charge is -2.15. The zero-order valence-electron chi connectivity index (χ0n) is 12.3. The van der Waals surface area contributed by atoms with Gasteiger partial charge in [-0.25, -0.2) is 4.79 Å². The topological polar surface area (TPSA) is 50.4 Å². The van der Waals surface area contributed by atoms with E-state index in [1.165, 1.54) is 12.8 Å². The van der Waals surface area contributed by atoms with Gasteiger partial charge in [0.25, 0.3) is 0 Å². The van der Waals surface area contributed by atoms with Crippen LogP contribution < -0.4 is 15.4 Å². The summed E-state index contributed by atoms with van der Waals surface area (Å²) in [4.78, 5) is 11.9. The van der Waals surface area contributed by atoms with E-state index in [1.54, 1.807) is 0 Å². The highest BCUT2D eigenvalue weighted by atomic mass is 16.5. The molecule has 0 saturated heterocycles. The number of hydrogen-bond acceptors (Lipinski definition) is 2. The summed E-state index contributed by atoms with van der Waals surface area (Å²) < 4.78 is 5.75. The average Bonchev–Trinajstić information content (AvgIpc) is 2.91. The quantitative estimate of drug-likeness (QED) is 0.856. The number of hydrogen-bond donors (Lipinski definition) is 2. The minimum Gasteiger partial charge on any atom is -0.491 e. The zero-order chi connectivity index (χ0) is 14.4. The Morgan fingerprint density at radius 1 is 1.40 bits per heavy atom. The third-order valence-electron chi connectivity index (χ3n) is 3.69. The number of anilines is 1. The molecule has 2 amide bonds. The van der Waals surface area contributed by atoms with Crippen molar-refractivity contribution in [1.82, 2.24) is 5.32 Å². The van der Waals surface area contributed by atoms with Gasteiger partial charge < -0.3 is 15.4 Å². The molecule has 110 valence electrons. The smallest absolute Gasteiger partial charge is 0.319 e. The third kappa shape index (κ3) is 4.44. The van der Waals surface area contributed by atoms with Crippen LogP contribution in [0.4, 0.5) is 10.5 Å². The Labute approximate surface area is 120 Å². The van der Waals surface area contributed by atoms with Crippen molar-refractivity contribution in [3.05, 3.63) is 24.3 Å². The van der Waals surface area contributed by atoms with Gasteiger partial charge in [-0.3, -0.25) is 0 Å². The van der Waals surface area contributed by atoms with Crippen LogP contribution >= 0.6 is 0 Å². The van der Waals surface area contributed by atoms with Gasteiger partial charge in [-0.1, -0.05) is 25.8 Å². The van der Waals surface area contributed by atoms with Gasteiger partial charge in [0.15, 0.2) is 0 Å². The van der Waals surface area contributed by atoms with Crippen LogP contribution in [0.15, 0.2) is 24.3 Å². The molecule has 1 unspecified atom stereocenters. The van der Waals surface area contributed by atoms with Crippen LogP contribution in [0, 0.1) is 0 Å². The van der Waals surface area contributed by atoms with E-state index in [4.69, 9.17) is 4.74 Å². The standard InChI is InChI=1S/C16H24N2O2/c1-3-12(2)20-15-10-6-9-14(11-15)18-16(19)17-13-7-4-5-8-13/h6,9-13H,3-5,7-8H2,1-2H3,(H2,17,18,19). The minimum atomic E-state index is -0.127. The van der Waals surface area contributed by atoms with Gasteiger partial charge in [-0.15, -0.1) is 0 Å².